The number of nitrogen functional groups attached to an aromatic ring is 1. The fourth-order valence-electron chi connectivity index (χ4n) is 2.01. The molecule has 7 heteroatoms. The van der Waals surface area contributed by atoms with Crippen molar-refractivity contribution in [2.24, 2.45) is 11.8 Å². The number of hydrazine groups is 1. The number of anilines is 1. The van der Waals surface area contributed by atoms with Crippen molar-refractivity contribution in [2.75, 3.05) is 5.43 Å². The van der Waals surface area contributed by atoms with E-state index in [1.807, 2.05) is 13.8 Å². The molecule has 0 spiro atoms. The molecule has 1 saturated carbocycles. The minimum atomic E-state index is -3.62. The molecule has 0 bridgehead atoms. The normalized spacial score (nSPS) is 16.6. The summed E-state index contributed by atoms with van der Waals surface area (Å²) in [7, 11) is -3.62. The standard InChI is InChI=1S/C11H18N4O2S/c1-11(2,8-5-6-8)15-18(16,17)9-4-3-7-13-10(9)14-12/h3-4,7-8,15H,5-6,12H2,1-2H3,(H,13,14). The van der Waals surface area contributed by atoms with Crippen molar-refractivity contribution < 1.29 is 8.42 Å². The maximum Gasteiger partial charge on any atom is 0.244 e. The highest BCUT2D eigenvalue weighted by Crippen LogP contribution is 2.40. The van der Waals surface area contributed by atoms with Gasteiger partial charge >= 0.3 is 0 Å². The van der Waals surface area contributed by atoms with Crippen molar-refractivity contribution in [3.63, 3.8) is 0 Å². The summed E-state index contributed by atoms with van der Waals surface area (Å²) in [5.41, 5.74) is 1.86. The van der Waals surface area contributed by atoms with Gasteiger partial charge in [0.1, 0.15) is 4.90 Å². The van der Waals surface area contributed by atoms with Crippen molar-refractivity contribution in [1.82, 2.24) is 9.71 Å². The van der Waals surface area contributed by atoms with Crippen molar-refractivity contribution in [3.8, 4) is 0 Å². The summed E-state index contributed by atoms with van der Waals surface area (Å²) in [6.07, 6.45) is 3.61. The fourth-order valence-corrected chi connectivity index (χ4v) is 3.60. The van der Waals surface area contributed by atoms with Crippen LogP contribution < -0.4 is 16.0 Å². The summed E-state index contributed by atoms with van der Waals surface area (Å²) in [6, 6.07) is 3.05. The summed E-state index contributed by atoms with van der Waals surface area (Å²) in [4.78, 5) is 3.97. The van der Waals surface area contributed by atoms with Gasteiger partial charge < -0.3 is 5.43 Å². The van der Waals surface area contributed by atoms with Gasteiger partial charge in [0.05, 0.1) is 0 Å². The van der Waals surface area contributed by atoms with E-state index < -0.39 is 15.6 Å². The van der Waals surface area contributed by atoms with Crippen LogP contribution >= 0.6 is 0 Å². The highest BCUT2D eigenvalue weighted by Gasteiger charge is 2.41. The topological polar surface area (TPSA) is 97.1 Å². The van der Waals surface area contributed by atoms with Crippen molar-refractivity contribution in [3.05, 3.63) is 18.3 Å². The van der Waals surface area contributed by atoms with Crippen LogP contribution in [-0.2, 0) is 10.0 Å². The smallest absolute Gasteiger partial charge is 0.244 e. The van der Waals surface area contributed by atoms with E-state index in [9.17, 15) is 8.42 Å². The molecule has 1 aliphatic carbocycles. The largest absolute Gasteiger partial charge is 0.307 e. The molecule has 1 aliphatic rings. The first-order valence-corrected chi connectivity index (χ1v) is 7.31. The SMILES string of the molecule is CC(C)(NS(=O)(=O)c1cccnc1NN)C1CC1. The van der Waals surface area contributed by atoms with Gasteiger partial charge in [-0.3, -0.25) is 0 Å². The first kappa shape index (κ1) is 13.3. The molecule has 2 rings (SSSR count). The molecule has 0 unspecified atom stereocenters. The predicted molar refractivity (Wildman–Crippen MR) is 69.2 cm³/mol. The van der Waals surface area contributed by atoms with Gasteiger partial charge in [-0.15, -0.1) is 0 Å². The van der Waals surface area contributed by atoms with Crippen LogP contribution in [0.5, 0.6) is 0 Å². The van der Waals surface area contributed by atoms with Crippen molar-refractivity contribution in [1.29, 1.82) is 0 Å². The number of pyridine rings is 1. The molecule has 0 radical (unpaired) electrons. The number of nitrogens with two attached hydrogens (primary N) is 1. The number of aromatic nitrogens is 1. The van der Waals surface area contributed by atoms with Crippen molar-refractivity contribution >= 4 is 15.8 Å². The molecule has 0 saturated heterocycles. The molecule has 1 fully saturated rings. The highest BCUT2D eigenvalue weighted by atomic mass is 32.2. The molecule has 100 valence electrons. The second kappa shape index (κ2) is 4.49. The summed E-state index contributed by atoms with van der Waals surface area (Å²) >= 11 is 0. The highest BCUT2D eigenvalue weighted by molar-refractivity contribution is 7.89. The van der Waals surface area contributed by atoms with Crippen LogP contribution in [0.4, 0.5) is 5.82 Å². The Bertz CT molecular complexity index is 538. The maximum atomic E-state index is 12.3. The van der Waals surface area contributed by atoms with Crippen LogP contribution in [0.15, 0.2) is 23.2 Å². The Hall–Kier alpha value is -1.18. The van der Waals surface area contributed by atoms with E-state index in [-0.39, 0.29) is 10.7 Å². The van der Waals surface area contributed by atoms with Crippen molar-refractivity contribution in [2.45, 2.75) is 37.1 Å². The zero-order valence-corrected chi connectivity index (χ0v) is 11.3. The quantitative estimate of drug-likeness (QED) is 0.544. The average Bonchev–Trinajstić information content (AvgIpc) is 3.11. The second-order valence-corrected chi connectivity index (χ2v) is 6.75. The minimum absolute atomic E-state index is 0.0706. The fraction of sp³-hybridized carbons (Fsp3) is 0.545. The molecular formula is C11H18N4O2S. The third-order valence-electron chi connectivity index (χ3n) is 3.19. The molecule has 0 aliphatic heterocycles. The van der Waals surface area contributed by atoms with Gasteiger partial charge in [-0.25, -0.2) is 24.0 Å². The Morgan fingerprint density at radius 1 is 1.44 bits per heavy atom. The van der Waals surface area contributed by atoms with Crippen LogP contribution in [0.25, 0.3) is 0 Å². The Labute approximate surface area is 107 Å². The van der Waals surface area contributed by atoms with Gasteiger partial charge in [-0.05, 0) is 44.7 Å². The van der Waals surface area contributed by atoms with E-state index >= 15 is 0 Å². The lowest BCUT2D eigenvalue weighted by Gasteiger charge is -2.26. The Morgan fingerprint density at radius 3 is 2.67 bits per heavy atom. The zero-order valence-electron chi connectivity index (χ0n) is 10.5. The third-order valence-corrected chi connectivity index (χ3v) is 4.90. The molecule has 1 heterocycles. The van der Waals surface area contributed by atoms with E-state index in [1.165, 1.54) is 12.3 Å². The van der Waals surface area contributed by atoms with Crippen LogP contribution in [0.2, 0.25) is 0 Å². The lowest BCUT2D eigenvalue weighted by atomic mass is 10.0. The molecular weight excluding hydrogens is 252 g/mol. The predicted octanol–water partition coefficient (Wildman–Crippen LogP) is 0.834. The zero-order chi connectivity index (χ0) is 13.4. The summed E-state index contributed by atoms with van der Waals surface area (Å²) < 4.78 is 27.3. The molecule has 6 nitrogen and oxygen atoms in total. The Morgan fingerprint density at radius 2 is 2.11 bits per heavy atom. The van der Waals surface area contributed by atoms with E-state index in [2.05, 4.69) is 15.1 Å². The number of nitrogens with one attached hydrogen (secondary N) is 2. The minimum Gasteiger partial charge on any atom is -0.307 e. The second-order valence-electron chi connectivity index (χ2n) is 5.10. The Kier molecular flexibility index (Phi) is 3.31. The first-order valence-electron chi connectivity index (χ1n) is 5.82. The Balaban J connectivity index is 2.30. The lowest BCUT2D eigenvalue weighted by molar-refractivity contribution is 0.400. The maximum absolute atomic E-state index is 12.3. The van der Waals surface area contributed by atoms with Crippen LogP contribution in [-0.4, -0.2) is 18.9 Å². The first-order chi connectivity index (χ1) is 8.37. The average molecular weight is 270 g/mol. The molecule has 0 amide bonds. The summed E-state index contributed by atoms with van der Waals surface area (Å²) in [6.45, 7) is 3.79. The van der Waals surface area contributed by atoms with Gasteiger partial charge in [0.25, 0.3) is 0 Å². The van der Waals surface area contributed by atoms with Gasteiger partial charge in [0.2, 0.25) is 10.0 Å². The molecule has 4 N–H and O–H groups in total. The molecule has 0 atom stereocenters. The van der Waals surface area contributed by atoms with Gasteiger partial charge in [0.15, 0.2) is 5.82 Å². The molecule has 1 aromatic heterocycles. The summed E-state index contributed by atoms with van der Waals surface area (Å²) in [5.74, 6) is 5.83. The monoisotopic (exact) mass is 270 g/mol. The van der Waals surface area contributed by atoms with Crippen LogP contribution in [0.1, 0.15) is 26.7 Å². The molecule has 1 aromatic rings. The van der Waals surface area contributed by atoms with Gasteiger partial charge in [0, 0.05) is 11.7 Å². The van der Waals surface area contributed by atoms with E-state index in [1.54, 1.807) is 6.07 Å². The van der Waals surface area contributed by atoms with E-state index in [0.29, 0.717) is 5.92 Å². The third kappa shape index (κ3) is 2.63. The van der Waals surface area contributed by atoms with Crippen LogP contribution in [0.3, 0.4) is 0 Å². The number of hydrogen-bond acceptors (Lipinski definition) is 5. The number of rotatable bonds is 5. The summed E-state index contributed by atoms with van der Waals surface area (Å²) in [5, 5.41) is 0. The number of hydrogen-bond donors (Lipinski definition) is 3. The van der Waals surface area contributed by atoms with Gasteiger partial charge in [-0.1, -0.05) is 0 Å². The lowest BCUT2D eigenvalue weighted by Crippen LogP contribution is -2.45. The van der Waals surface area contributed by atoms with Crippen LogP contribution in [0, 0.1) is 5.92 Å². The number of sulfonamides is 1. The van der Waals surface area contributed by atoms with E-state index in [4.69, 9.17) is 5.84 Å². The number of nitrogens with zero attached hydrogens (tertiary/aromatic N) is 1. The molecule has 0 aromatic carbocycles. The van der Waals surface area contributed by atoms with E-state index in [0.717, 1.165) is 12.8 Å². The van der Waals surface area contributed by atoms with Gasteiger partial charge in [-0.2, -0.15) is 0 Å². The molecule has 18 heavy (non-hydrogen) atoms.